The molecule has 0 radical (unpaired) electrons. The van der Waals surface area contributed by atoms with Crippen molar-refractivity contribution in [3.8, 4) is 5.75 Å². The number of nitrogens with zero attached hydrogens (tertiary/aromatic N) is 3. The van der Waals surface area contributed by atoms with Crippen LogP contribution in [0, 0.1) is 5.82 Å². The van der Waals surface area contributed by atoms with Crippen molar-refractivity contribution >= 4 is 0 Å². The largest absolute Gasteiger partial charge is 0.484 e. The lowest BCUT2D eigenvalue weighted by Gasteiger charge is -2.12. The first-order valence-corrected chi connectivity index (χ1v) is 6.66. The molecule has 108 valence electrons. The minimum absolute atomic E-state index is 0.204. The Morgan fingerprint density at radius 2 is 2.25 bits per heavy atom. The summed E-state index contributed by atoms with van der Waals surface area (Å²) in [7, 11) is 1.78. The molecule has 0 aliphatic carbocycles. The Bertz CT molecular complexity index is 556. The van der Waals surface area contributed by atoms with Crippen molar-refractivity contribution in [2.75, 3.05) is 6.54 Å². The lowest BCUT2D eigenvalue weighted by molar-refractivity contribution is 0.281. The second-order valence-electron chi connectivity index (χ2n) is 4.58. The molecule has 0 atom stereocenters. The third kappa shape index (κ3) is 3.77. The van der Waals surface area contributed by atoms with Gasteiger partial charge in [-0.1, -0.05) is 24.3 Å². The Hall–Kier alpha value is -1.95. The average molecular weight is 278 g/mol. The Balaban J connectivity index is 2.04. The van der Waals surface area contributed by atoms with Crippen LogP contribution in [-0.2, 0) is 20.2 Å². The molecule has 1 aromatic carbocycles. The van der Waals surface area contributed by atoms with Crippen LogP contribution in [0.5, 0.6) is 5.75 Å². The van der Waals surface area contributed by atoms with Gasteiger partial charge in [-0.3, -0.25) is 4.68 Å². The molecule has 0 bridgehead atoms. The van der Waals surface area contributed by atoms with Crippen molar-refractivity contribution in [3.05, 3.63) is 41.5 Å². The fourth-order valence-electron chi connectivity index (χ4n) is 1.86. The average Bonchev–Trinajstić information content (AvgIpc) is 2.84. The summed E-state index contributed by atoms with van der Waals surface area (Å²) in [5.41, 5.74) is 1.48. The molecule has 1 heterocycles. The number of halogens is 1. The second kappa shape index (κ2) is 7.00. The Labute approximate surface area is 117 Å². The molecule has 2 aromatic rings. The number of benzene rings is 1. The number of ether oxygens (including phenoxy) is 1. The SMILES string of the molecule is CCCNCc1cccc(F)c1OCc1cn(C)nn1. The molecule has 0 spiro atoms. The van der Waals surface area contributed by atoms with Gasteiger partial charge in [0.15, 0.2) is 11.6 Å². The van der Waals surface area contributed by atoms with E-state index < -0.39 is 0 Å². The van der Waals surface area contributed by atoms with Crippen molar-refractivity contribution in [1.29, 1.82) is 0 Å². The highest BCUT2D eigenvalue weighted by molar-refractivity contribution is 5.35. The molecule has 0 aliphatic heterocycles. The highest BCUT2D eigenvalue weighted by atomic mass is 19.1. The minimum Gasteiger partial charge on any atom is -0.484 e. The summed E-state index contributed by atoms with van der Waals surface area (Å²) in [6.07, 6.45) is 2.78. The maximum absolute atomic E-state index is 13.9. The van der Waals surface area contributed by atoms with Gasteiger partial charge in [0.1, 0.15) is 12.3 Å². The molecular weight excluding hydrogens is 259 g/mol. The van der Waals surface area contributed by atoms with E-state index in [1.54, 1.807) is 24.0 Å². The molecule has 0 fully saturated rings. The van der Waals surface area contributed by atoms with Gasteiger partial charge in [-0.05, 0) is 19.0 Å². The highest BCUT2D eigenvalue weighted by Gasteiger charge is 2.10. The molecule has 1 N–H and O–H groups in total. The van der Waals surface area contributed by atoms with E-state index in [0.29, 0.717) is 12.2 Å². The smallest absolute Gasteiger partial charge is 0.165 e. The van der Waals surface area contributed by atoms with Gasteiger partial charge >= 0.3 is 0 Å². The van der Waals surface area contributed by atoms with Crippen molar-refractivity contribution in [2.45, 2.75) is 26.5 Å². The summed E-state index contributed by atoms with van der Waals surface area (Å²) in [4.78, 5) is 0. The van der Waals surface area contributed by atoms with E-state index in [2.05, 4.69) is 22.6 Å². The van der Waals surface area contributed by atoms with Crippen LogP contribution in [0.4, 0.5) is 4.39 Å². The molecule has 0 unspecified atom stereocenters. The first-order chi connectivity index (χ1) is 9.70. The lowest BCUT2D eigenvalue weighted by Crippen LogP contribution is -2.15. The van der Waals surface area contributed by atoms with Gasteiger partial charge in [0.05, 0.1) is 6.20 Å². The summed E-state index contributed by atoms with van der Waals surface area (Å²) in [5, 5.41) is 11.0. The fourth-order valence-corrected chi connectivity index (χ4v) is 1.86. The predicted molar refractivity (Wildman–Crippen MR) is 73.7 cm³/mol. The summed E-state index contributed by atoms with van der Waals surface area (Å²) in [6, 6.07) is 4.94. The molecule has 0 aliphatic rings. The summed E-state index contributed by atoms with van der Waals surface area (Å²) in [5.74, 6) is -0.0774. The molecule has 0 amide bonds. The molecule has 1 aromatic heterocycles. The van der Waals surface area contributed by atoms with E-state index >= 15 is 0 Å². The maximum atomic E-state index is 13.9. The zero-order valence-electron chi connectivity index (χ0n) is 11.8. The molecule has 6 heteroatoms. The quantitative estimate of drug-likeness (QED) is 0.787. The summed E-state index contributed by atoms with van der Waals surface area (Å²) in [6.45, 7) is 3.77. The molecule has 2 rings (SSSR count). The van der Waals surface area contributed by atoms with E-state index in [4.69, 9.17) is 4.74 Å². The first kappa shape index (κ1) is 14.5. The molecule has 20 heavy (non-hydrogen) atoms. The fraction of sp³-hybridized carbons (Fsp3) is 0.429. The van der Waals surface area contributed by atoms with Crippen molar-refractivity contribution in [2.24, 2.45) is 7.05 Å². The molecular formula is C14H19FN4O. The monoisotopic (exact) mass is 278 g/mol. The van der Waals surface area contributed by atoms with Gasteiger partial charge in [-0.15, -0.1) is 5.10 Å². The van der Waals surface area contributed by atoms with Crippen LogP contribution in [-0.4, -0.2) is 21.5 Å². The van der Waals surface area contributed by atoms with E-state index in [0.717, 1.165) is 18.5 Å². The van der Waals surface area contributed by atoms with E-state index in [9.17, 15) is 4.39 Å². The number of aromatic nitrogens is 3. The van der Waals surface area contributed by atoms with Gasteiger partial charge in [0.25, 0.3) is 0 Å². The predicted octanol–water partition coefficient (Wildman–Crippen LogP) is 2.03. The van der Waals surface area contributed by atoms with E-state index in [-0.39, 0.29) is 18.2 Å². The summed E-state index contributed by atoms with van der Waals surface area (Å²) < 4.78 is 21.0. The van der Waals surface area contributed by atoms with Crippen molar-refractivity contribution < 1.29 is 9.13 Å². The molecule has 0 saturated heterocycles. The first-order valence-electron chi connectivity index (χ1n) is 6.66. The number of nitrogens with one attached hydrogen (secondary N) is 1. The van der Waals surface area contributed by atoms with Crippen molar-refractivity contribution in [3.63, 3.8) is 0 Å². The zero-order valence-corrected chi connectivity index (χ0v) is 11.8. The Morgan fingerprint density at radius 1 is 1.40 bits per heavy atom. The van der Waals surface area contributed by atoms with Crippen LogP contribution < -0.4 is 10.1 Å². The number of hydrogen-bond donors (Lipinski definition) is 1. The Morgan fingerprint density at radius 3 is 2.95 bits per heavy atom. The number of rotatable bonds is 7. The van der Waals surface area contributed by atoms with Crippen LogP contribution >= 0.6 is 0 Å². The normalized spacial score (nSPS) is 10.8. The number of aryl methyl sites for hydroxylation is 1. The molecule has 0 saturated carbocycles. The standard InChI is InChI=1S/C14H19FN4O/c1-3-7-16-8-11-5-4-6-13(15)14(11)20-10-12-9-19(2)18-17-12/h4-6,9,16H,3,7-8,10H2,1-2H3. The number of hydrogen-bond acceptors (Lipinski definition) is 4. The van der Waals surface area contributed by atoms with Crippen molar-refractivity contribution in [1.82, 2.24) is 20.3 Å². The third-order valence-corrected chi connectivity index (χ3v) is 2.81. The van der Waals surface area contributed by atoms with E-state index in [1.165, 1.54) is 6.07 Å². The Kier molecular flexibility index (Phi) is 5.06. The molecule has 5 nitrogen and oxygen atoms in total. The van der Waals surface area contributed by atoms with Gasteiger partial charge in [0.2, 0.25) is 0 Å². The van der Waals surface area contributed by atoms with Gasteiger partial charge in [-0.25, -0.2) is 4.39 Å². The van der Waals surface area contributed by atoms with Gasteiger partial charge in [0, 0.05) is 19.2 Å². The highest BCUT2D eigenvalue weighted by Crippen LogP contribution is 2.23. The van der Waals surface area contributed by atoms with Gasteiger partial charge in [-0.2, -0.15) is 0 Å². The van der Waals surface area contributed by atoms with Crippen LogP contribution in [0.15, 0.2) is 24.4 Å². The van der Waals surface area contributed by atoms with Gasteiger partial charge < -0.3 is 10.1 Å². The third-order valence-electron chi connectivity index (χ3n) is 2.81. The number of para-hydroxylation sites is 1. The van der Waals surface area contributed by atoms with Crippen LogP contribution in [0.2, 0.25) is 0 Å². The van der Waals surface area contributed by atoms with Crippen LogP contribution in [0.25, 0.3) is 0 Å². The minimum atomic E-state index is -0.357. The summed E-state index contributed by atoms with van der Waals surface area (Å²) >= 11 is 0. The van der Waals surface area contributed by atoms with Crippen LogP contribution in [0.1, 0.15) is 24.6 Å². The zero-order chi connectivity index (χ0) is 14.4. The second-order valence-corrected chi connectivity index (χ2v) is 4.58. The maximum Gasteiger partial charge on any atom is 0.165 e. The van der Waals surface area contributed by atoms with Crippen LogP contribution in [0.3, 0.4) is 0 Å². The topological polar surface area (TPSA) is 52.0 Å². The lowest BCUT2D eigenvalue weighted by atomic mass is 10.2. The van der Waals surface area contributed by atoms with E-state index in [1.807, 2.05) is 6.07 Å².